The molecule has 0 unspecified atom stereocenters. The minimum atomic E-state index is -0.0429. The van der Waals surface area contributed by atoms with Gasteiger partial charge in [0, 0.05) is 61.7 Å². The number of carbonyl (C=O) groups excluding carboxylic acids is 1. The van der Waals surface area contributed by atoms with E-state index in [0.29, 0.717) is 37.1 Å². The van der Waals surface area contributed by atoms with Crippen LogP contribution in [0.25, 0.3) is 11.3 Å². The number of rotatable bonds is 4. The fourth-order valence-corrected chi connectivity index (χ4v) is 5.68. The molecule has 194 valence electrons. The van der Waals surface area contributed by atoms with Crippen LogP contribution in [0.2, 0.25) is 5.02 Å². The fourth-order valence-electron chi connectivity index (χ4n) is 5.50. The number of nitrogens with one attached hydrogen (secondary N) is 1. The molecule has 2 fully saturated rings. The first kappa shape index (κ1) is 24.1. The van der Waals surface area contributed by atoms with Crippen LogP contribution < -0.4 is 19.4 Å². The summed E-state index contributed by atoms with van der Waals surface area (Å²) >= 11 is 6.44. The van der Waals surface area contributed by atoms with E-state index in [1.165, 1.54) is 0 Å². The second-order valence-electron chi connectivity index (χ2n) is 9.68. The van der Waals surface area contributed by atoms with Gasteiger partial charge in [-0.25, -0.2) is 4.98 Å². The zero-order chi connectivity index (χ0) is 25.4. The van der Waals surface area contributed by atoms with E-state index >= 15 is 0 Å². The number of aromatic nitrogens is 3. The third-order valence-electron chi connectivity index (χ3n) is 7.52. The SMILES string of the molecule is COc1cccc(N2CCC(C(=O)N3CCc4nc(N5CCOCC5)[nH]c4-c4cc(Cl)ccc43)CC2)n1. The number of morpholine rings is 1. The number of hydrogen-bond donors (Lipinski definition) is 1. The second kappa shape index (κ2) is 10.2. The first-order valence-electron chi connectivity index (χ1n) is 12.9. The van der Waals surface area contributed by atoms with Crippen molar-refractivity contribution >= 4 is 35.0 Å². The molecule has 3 aromatic rings. The lowest BCUT2D eigenvalue weighted by atomic mass is 9.94. The molecule has 0 atom stereocenters. The number of anilines is 3. The van der Waals surface area contributed by atoms with Crippen LogP contribution in [0.5, 0.6) is 5.88 Å². The number of imidazole rings is 1. The molecule has 9 nitrogen and oxygen atoms in total. The molecule has 3 aliphatic rings. The van der Waals surface area contributed by atoms with E-state index in [1.807, 2.05) is 41.3 Å². The van der Waals surface area contributed by atoms with Gasteiger partial charge in [-0.15, -0.1) is 0 Å². The number of nitrogens with zero attached hydrogens (tertiary/aromatic N) is 5. The second-order valence-corrected chi connectivity index (χ2v) is 10.1. The van der Waals surface area contributed by atoms with Crippen molar-refractivity contribution in [3.8, 4) is 17.1 Å². The summed E-state index contributed by atoms with van der Waals surface area (Å²) < 4.78 is 10.8. The Morgan fingerprint density at radius 2 is 1.86 bits per heavy atom. The Morgan fingerprint density at radius 1 is 1.05 bits per heavy atom. The Labute approximate surface area is 221 Å². The number of amides is 1. The minimum absolute atomic E-state index is 0.0429. The summed E-state index contributed by atoms with van der Waals surface area (Å²) in [6.07, 6.45) is 2.24. The highest BCUT2D eigenvalue weighted by atomic mass is 35.5. The molecule has 3 aliphatic heterocycles. The van der Waals surface area contributed by atoms with Crippen molar-refractivity contribution in [3.05, 3.63) is 47.1 Å². The Hall–Kier alpha value is -3.30. The molecule has 2 aromatic heterocycles. The smallest absolute Gasteiger partial charge is 0.230 e. The van der Waals surface area contributed by atoms with Crippen LogP contribution in [-0.4, -0.2) is 73.9 Å². The normalized spacial score (nSPS) is 18.3. The van der Waals surface area contributed by atoms with Crippen molar-refractivity contribution in [2.75, 3.05) is 67.7 Å². The van der Waals surface area contributed by atoms with Crippen LogP contribution in [0.4, 0.5) is 17.5 Å². The Balaban J connectivity index is 1.22. The van der Waals surface area contributed by atoms with Gasteiger partial charge in [-0.05, 0) is 37.1 Å². The summed E-state index contributed by atoms with van der Waals surface area (Å²) in [5, 5.41) is 0.639. The van der Waals surface area contributed by atoms with Crippen LogP contribution in [0.15, 0.2) is 36.4 Å². The molecule has 0 bridgehead atoms. The molecule has 0 saturated carbocycles. The molecule has 1 amide bonds. The Morgan fingerprint density at radius 3 is 2.65 bits per heavy atom. The van der Waals surface area contributed by atoms with Crippen LogP contribution in [0.3, 0.4) is 0 Å². The zero-order valence-electron chi connectivity index (χ0n) is 21.0. The fraction of sp³-hybridized carbons (Fsp3) is 0.444. The molecule has 6 rings (SSSR count). The highest BCUT2D eigenvalue weighted by Crippen LogP contribution is 2.39. The summed E-state index contributed by atoms with van der Waals surface area (Å²) in [5.41, 5.74) is 3.74. The van der Waals surface area contributed by atoms with Gasteiger partial charge in [0.15, 0.2) is 0 Å². The molecule has 10 heteroatoms. The summed E-state index contributed by atoms with van der Waals surface area (Å²) in [6, 6.07) is 11.6. The van der Waals surface area contributed by atoms with E-state index in [0.717, 1.165) is 73.4 Å². The van der Waals surface area contributed by atoms with Crippen molar-refractivity contribution in [2.24, 2.45) is 5.92 Å². The van der Waals surface area contributed by atoms with Crippen LogP contribution in [0.1, 0.15) is 18.5 Å². The van der Waals surface area contributed by atoms with Crippen LogP contribution >= 0.6 is 11.6 Å². The third-order valence-corrected chi connectivity index (χ3v) is 7.76. The highest BCUT2D eigenvalue weighted by molar-refractivity contribution is 6.31. The van der Waals surface area contributed by atoms with Gasteiger partial charge in [-0.2, -0.15) is 4.98 Å². The number of methoxy groups -OCH3 is 1. The average molecular weight is 523 g/mol. The van der Waals surface area contributed by atoms with Crippen molar-refractivity contribution in [3.63, 3.8) is 0 Å². The molecule has 1 aromatic carbocycles. The van der Waals surface area contributed by atoms with Crippen LogP contribution in [-0.2, 0) is 16.0 Å². The topological polar surface area (TPSA) is 86.8 Å². The summed E-state index contributed by atoms with van der Waals surface area (Å²) in [5.74, 6) is 2.47. The number of fused-ring (bicyclic) bond motifs is 3. The molecule has 5 heterocycles. The van der Waals surface area contributed by atoms with Gasteiger partial charge in [0.2, 0.25) is 17.7 Å². The molecule has 0 aliphatic carbocycles. The lowest BCUT2D eigenvalue weighted by molar-refractivity contribution is -0.123. The maximum Gasteiger partial charge on any atom is 0.230 e. The molecule has 1 N–H and O–H groups in total. The maximum atomic E-state index is 13.9. The molecular weight excluding hydrogens is 492 g/mol. The zero-order valence-corrected chi connectivity index (χ0v) is 21.7. The molecule has 0 spiro atoms. The number of carbonyl (C=O) groups is 1. The van der Waals surface area contributed by atoms with E-state index < -0.39 is 0 Å². The predicted octanol–water partition coefficient (Wildman–Crippen LogP) is 3.78. The molecule has 37 heavy (non-hydrogen) atoms. The average Bonchev–Trinajstić information content (AvgIpc) is 3.32. The van der Waals surface area contributed by atoms with Gasteiger partial charge in [-0.1, -0.05) is 17.7 Å². The van der Waals surface area contributed by atoms with Crippen molar-refractivity contribution in [2.45, 2.75) is 19.3 Å². The predicted molar refractivity (Wildman–Crippen MR) is 144 cm³/mol. The van der Waals surface area contributed by atoms with E-state index in [-0.39, 0.29) is 11.8 Å². The van der Waals surface area contributed by atoms with Crippen molar-refractivity contribution in [1.29, 1.82) is 0 Å². The molecular formula is C27H31ClN6O3. The minimum Gasteiger partial charge on any atom is -0.481 e. The number of benzene rings is 1. The number of H-pyrrole nitrogens is 1. The van der Waals surface area contributed by atoms with E-state index in [4.69, 9.17) is 26.1 Å². The van der Waals surface area contributed by atoms with Gasteiger partial charge < -0.3 is 29.2 Å². The summed E-state index contributed by atoms with van der Waals surface area (Å²) in [6.45, 7) is 5.16. The largest absolute Gasteiger partial charge is 0.481 e. The number of piperidine rings is 1. The number of hydrogen-bond acceptors (Lipinski definition) is 7. The standard InChI is InChI=1S/C27H31ClN6O3/c1-36-24-4-2-3-23(30-24)32-10-7-18(8-11-32)26(35)34-12-9-21-25(20-17-19(28)5-6-22(20)34)31-27(29-21)33-13-15-37-16-14-33/h2-6,17-18H,7-16H2,1H3,(H,29,31). The van der Waals surface area contributed by atoms with Gasteiger partial charge in [0.05, 0.1) is 37.4 Å². The van der Waals surface area contributed by atoms with Crippen molar-refractivity contribution < 1.29 is 14.3 Å². The monoisotopic (exact) mass is 522 g/mol. The summed E-state index contributed by atoms with van der Waals surface area (Å²) in [7, 11) is 1.62. The molecule has 2 saturated heterocycles. The van der Waals surface area contributed by atoms with Crippen LogP contribution in [0, 0.1) is 5.92 Å². The highest BCUT2D eigenvalue weighted by Gasteiger charge is 2.33. The number of ether oxygens (including phenoxy) is 2. The van der Waals surface area contributed by atoms with Crippen molar-refractivity contribution in [1.82, 2.24) is 15.0 Å². The van der Waals surface area contributed by atoms with E-state index in [1.54, 1.807) is 7.11 Å². The van der Waals surface area contributed by atoms with E-state index in [2.05, 4.69) is 19.8 Å². The number of pyridine rings is 1. The van der Waals surface area contributed by atoms with Gasteiger partial charge >= 0.3 is 0 Å². The van der Waals surface area contributed by atoms with E-state index in [9.17, 15) is 4.79 Å². The first-order chi connectivity index (χ1) is 18.1. The lowest BCUT2D eigenvalue weighted by Gasteiger charge is -2.35. The Kier molecular flexibility index (Phi) is 6.65. The molecule has 0 radical (unpaired) electrons. The lowest BCUT2D eigenvalue weighted by Crippen LogP contribution is -2.43. The van der Waals surface area contributed by atoms with Gasteiger partial charge in [0.1, 0.15) is 5.82 Å². The quantitative estimate of drug-likeness (QED) is 0.558. The number of halogens is 1. The maximum absolute atomic E-state index is 13.9. The first-order valence-corrected chi connectivity index (χ1v) is 13.3. The van der Waals surface area contributed by atoms with Gasteiger partial charge in [-0.3, -0.25) is 4.79 Å². The summed E-state index contributed by atoms with van der Waals surface area (Å²) in [4.78, 5) is 33.3. The number of aromatic amines is 1. The van der Waals surface area contributed by atoms with Gasteiger partial charge in [0.25, 0.3) is 0 Å². The Bertz CT molecular complexity index is 1280. The third kappa shape index (κ3) is 4.73.